The third-order valence-electron chi connectivity index (χ3n) is 2.18. The molecule has 0 aliphatic carbocycles. The quantitative estimate of drug-likeness (QED) is 0.342. The van der Waals surface area contributed by atoms with E-state index in [2.05, 4.69) is 23.4 Å². The molecule has 0 amide bonds. The molecule has 82 valence electrons. The monoisotopic (exact) mass is 205 g/mol. The molecule has 15 heavy (non-hydrogen) atoms. The lowest BCUT2D eigenvalue weighted by Crippen LogP contribution is -2.32. The Labute approximate surface area is 91.4 Å². The molecule has 0 bridgehead atoms. The van der Waals surface area contributed by atoms with Gasteiger partial charge in [-0.25, -0.2) is 5.84 Å². The molecule has 1 rings (SSSR count). The van der Waals surface area contributed by atoms with Crippen molar-refractivity contribution in [1.82, 2.24) is 5.43 Å². The summed E-state index contributed by atoms with van der Waals surface area (Å²) in [7, 11) is 0. The second kappa shape index (κ2) is 5.51. The zero-order valence-corrected chi connectivity index (χ0v) is 9.62. The third kappa shape index (κ3) is 3.06. The van der Waals surface area contributed by atoms with Gasteiger partial charge in [0.25, 0.3) is 0 Å². The second-order valence-electron chi connectivity index (χ2n) is 3.73. The van der Waals surface area contributed by atoms with Gasteiger partial charge in [0, 0.05) is 11.6 Å². The van der Waals surface area contributed by atoms with Gasteiger partial charge in [0.05, 0.1) is 0 Å². The number of hydrogen-bond donors (Lipinski definition) is 2. The van der Waals surface area contributed by atoms with Gasteiger partial charge in [0.15, 0.2) is 0 Å². The Morgan fingerprint density at radius 2 is 2.07 bits per heavy atom. The zero-order valence-electron chi connectivity index (χ0n) is 9.62. The third-order valence-corrected chi connectivity index (χ3v) is 2.18. The summed E-state index contributed by atoms with van der Waals surface area (Å²) in [4.78, 5) is 4.45. The van der Waals surface area contributed by atoms with Crippen LogP contribution in [0.1, 0.15) is 31.9 Å². The second-order valence-corrected chi connectivity index (χ2v) is 3.73. The van der Waals surface area contributed by atoms with Crippen LogP contribution in [0.4, 0.5) is 0 Å². The smallest absolute Gasteiger partial charge is 0.143 e. The largest absolute Gasteiger partial charge is 0.308 e. The van der Waals surface area contributed by atoms with Gasteiger partial charge >= 0.3 is 0 Å². The summed E-state index contributed by atoms with van der Waals surface area (Å²) in [5, 5.41) is 0. The van der Waals surface area contributed by atoms with Crippen LogP contribution >= 0.6 is 0 Å². The van der Waals surface area contributed by atoms with Crippen LogP contribution in [-0.4, -0.2) is 11.9 Å². The molecule has 3 nitrogen and oxygen atoms in total. The Morgan fingerprint density at radius 1 is 1.40 bits per heavy atom. The van der Waals surface area contributed by atoms with E-state index in [9.17, 15) is 0 Å². The highest BCUT2D eigenvalue weighted by Crippen LogP contribution is 2.10. The predicted octanol–water partition coefficient (Wildman–Crippen LogP) is 1.87. The number of hydrogen-bond acceptors (Lipinski definition) is 2. The Hall–Kier alpha value is -1.35. The van der Waals surface area contributed by atoms with Crippen molar-refractivity contribution in [3.05, 3.63) is 35.4 Å². The number of nitrogens with two attached hydrogens (primary N) is 1. The van der Waals surface area contributed by atoms with Crippen molar-refractivity contribution in [2.24, 2.45) is 10.8 Å². The summed E-state index contributed by atoms with van der Waals surface area (Å²) >= 11 is 0. The van der Waals surface area contributed by atoms with Gasteiger partial charge < -0.3 is 5.43 Å². The number of amidine groups is 1. The molecular weight excluding hydrogens is 186 g/mol. The fourth-order valence-corrected chi connectivity index (χ4v) is 1.50. The van der Waals surface area contributed by atoms with Crippen LogP contribution in [0.15, 0.2) is 29.3 Å². The van der Waals surface area contributed by atoms with Gasteiger partial charge in [-0.15, -0.1) is 0 Å². The van der Waals surface area contributed by atoms with Gasteiger partial charge in [-0.3, -0.25) is 4.99 Å². The Morgan fingerprint density at radius 3 is 2.60 bits per heavy atom. The first kappa shape index (κ1) is 11.7. The summed E-state index contributed by atoms with van der Waals surface area (Å²) in [5.74, 6) is 6.26. The molecule has 0 aliphatic heterocycles. The van der Waals surface area contributed by atoms with Crippen LogP contribution in [0.5, 0.6) is 0 Å². The Kier molecular flexibility index (Phi) is 4.31. The molecule has 0 aliphatic rings. The van der Waals surface area contributed by atoms with E-state index >= 15 is 0 Å². The number of benzene rings is 1. The summed E-state index contributed by atoms with van der Waals surface area (Å²) < 4.78 is 0. The van der Waals surface area contributed by atoms with Crippen LogP contribution in [0.2, 0.25) is 0 Å². The molecule has 1 aromatic carbocycles. The maximum atomic E-state index is 5.50. The fraction of sp³-hybridized carbons (Fsp3) is 0.417. The molecule has 0 aromatic heterocycles. The topological polar surface area (TPSA) is 50.4 Å². The first-order valence-electron chi connectivity index (χ1n) is 5.31. The highest BCUT2D eigenvalue weighted by atomic mass is 15.3. The van der Waals surface area contributed by atoms with Crippen molar-refractivity contribution in [1.29, 1.82) is 0 Å². The standard InChI is InChI=1S/C12H19N3/c1-4-10-7-5-6-8-11(10)12(15-13)14-9(2)3/h5-9H,4,13H2,1-3H3,(H,14,15). The maximum absolute atomic E-state index is 5.50. The summed E-state index contributed by atoms with van der Waals surface area (Å²) in [5.41, 5.74) is 5.03. The van der Waals surface area contributed by atoms with Crippen molar-refractivity contribution in [3.63, 3.8) is 0 Å². The van der Waals surface area contributed by atoms with Crippen LogP contribution < -0.4 is 11.3 Å². The van der Waals surface area contributed by atoms with Crippen LogP contribution in [0.25, 0.3) is 0 Å². The van der Waals surface area contributed by atoms with E-state index in [1.54, 1.807) is 0 Å². The van der Waals surface area contributed by atoms with E-state index in [-0.39, 0.29) is 6.04 Å². The molecule has 0 radical (unpaired) electrons. The summed E-state index contributed by atoms with van der Waals surface area (Å²) in [6.45, 7) is 6.19. The molecule has 3 heteroatoms. The molecule has 0 unspecified atom stereocenters. The Bertz CT molecular complexity index is 342. The van der Waals surface area contributed by atoms with Gasteiger partial charge in [-0.05, 0) is 25.8 Å². The van der Waals surface area contributed by atoms with E-state index < -0.39 is 0 Å². The van der Waals surface area contributed by atoms with Crippen LogP contribution in [-0.2, 0) is 6.42 Å². The summed E-state index contributed by atoms with van der Waals surface area (Å²) in [6.07, 6.45) is 0.981. The molecule has 0 heterocycles. The molecule has 1 aromatic rings. The van der Waals surface area contributed by atoms with Crippen LogP contribution in [0.3, 0.4) is 0 Å². The average Bonchev–Trinajstić information content (AvgIpc) is 2.25. The molecular formula is C12H19N3. The SMILES string of the molecule is CCc1ccccc1C(=NC(C)C)NN. The molecule has 0 spiro atoms. The van der Waals surface area contributed by atoms with Crippen molar-refractivity contribution >= 4 is 5.84 Å². The van der Waals surface area contributed by atoms with Crippen molar-refractivity contribution in [2.45, 2.75) is 33.2 Å². The maximum Gasteiger partial charge on any atom is 0.143 e. The molecule has 0 fully saturated rings. The number of aryl methyl sites for hydroxylation is 1. The lowest BCUT2D eigenvalue weighted by Gasteiger charge is -2.11. The highest BCUT2D eigenvalue weighted by molar-refractivity contribution is 5.99. The van der Waals surface area contributed by atoms with Crippen LogP contribution in [0, 0.1) is 0 Å². The van der Waals surface area contributed by atoms with E-state index in [1.807, 2.05) is 32.0 Å². The number of hydrazine groups is 1. The number of nitrogens with one attached hydrogen (secondary N) is 1. The minimum absolute atomic E-state index is 0.237. The number of aliphatic imine (C=N–C) groups is 1. The summed E-state index contributed by atoms with van der Waals surface area (Å²) in [6, 6.07) is 8.41. The average molecular weight is 205 g/mol. The van der Waals surface area contributed by atoms with E-state index in [4.69, 9.17) is 5.84 Å². The molecule has 0 saturated carbocycles. The van der Waals surface area contributed by atoms with Gasteiger partial charge in [0.1, 0.15) is 5.84 Å². The minimum Gasteiger partial charge on any atom is -0.308 e. The van der Waals surface area contributed by atoms with E-state index in [0.717, 1.165) is 17.8 Å². The normalized spacial score (nSPS) is 11.9. The van der Waals surface area contributed by atoms with E-state index in [1.165, 1.54) is 5.56 Å². The Balaban J connectivity index is 3.12. The van der Waals surface area contributed by atoms with Gasteiger partial charge in [-0.2, -0.15) is 0 Å². The predicted molar refractivity (Wildman–Crippen MR) is 64.8 cm³/mol. The fourth-order valence-electron chi connectivity index (χ4n) is 1.50. The highest BCUT2D eigenvalue weighted by Gasteiger charge is 2.06. The van der Waals surface area contributed by atoms with Gasteiger partial charge in [-0.1, -0.05) is 31.2 Å². The molecule has 0 atom stereocenters. The molecule has 3 N–H and O–H groups in total. The minimum atomic E-state index is 0.237. The number of rotatable bonds is 3. The van der Waals surface area contributed by atoms with Gasteiger partial charge in [0.2, 0.25) is 0 Å². The first-order valence-corrected chi connectivity index (χ1v) is 5.31. The number of nitrogens with zero attached hydrogens (tertiary/aromatic N) is 1. The lowest BCUT2D eigenvalue weighted by atomic mass is 10.0. The van der Waals surface area contributed by atoms with Crippen molar-refractivity contribution in [3.8, 4) is 0 Å². The lowest BCUT2D eigenvalue weighted by molar-refractivity contribution is 0.819. The van der Waals surface area contributed by atoms with E-state index in [0.29, 0.717) is 0 Å². The zero-order chi connectivity index (χ0) is 11.3. The first-order chi connectivity index (χ1) is 7.19. The van der Waals surface area contributed by atoms with Crippen molar-refractivity contribution in [2.75, 3.05) is 0 Å². The molecule has 0 saturated heterocycles. The van der Waals surface area contributed by atoms with Crippen molar-refractivity contribution < 1.29 is 0 Å².